The number of hydrogen-bond acceptors (Lipinski definition) is 6. The summed E-state index contributed by atoms with van der Waals surface area (Å²) in [7, 11) is 2.41. The topological polar surface area (TPSA) is 51.0 Å². The van der Waals surface area contributed by atoms with Crippen LogP contribution in [0.2, 0.25) is 0 Å². The molecule has 1 aliphatic rings. The summed E-state index contributed by atoms with van der Waals surface area (Å²) in [6.45, 7) is 6.55. The van der Waals surface area contributed by atoms with Crippen molar-refractivity contribution in [2.24, 2.45) is 0 Å². The van der Waals surface area contributed by atoms with E-state index in [1.807, 2.05) is 0 Å². The second kappa shape index (κ2) is 12.4. The molecule has 0 aromatic heterocycles. The van der Waals surface area contributed by atoms with Crippen LogP contribution in [0.15, 0.2) is 0 Å². The molecule has 0 radical (unpaired) electrons. The molecule has 0 saturated carbocycles. The average molecular weight is 422 g/mol. The first-order valence-electron chi connectivity index (χ1n) is 7.18. The molecule has 0 aromatic rings. The van der Waals surface area contributed by atoms with Crippen LogP contribution in [0.4, 0.5) is 26.3 Å². The summed E-state index contributed by atoms with van der Waals surface area (Å²) >= 11 is -0.592. The molecule has 0 bridgehead atoms. The first-order valence-corrected chi connectivity index (χ1v) is 8.57. The zero-order chi connectivity index (χ0) is 19.4. The van der Waals surface area contributed by atoms with Gasteiger partial charge in [-0.05, 0) is 6.42 Å². The van der Waals surface area contributed by atoms with Gasteiger partial charge in [-0.1, -0.05) is 37.8 Å². The maximum Gasteiger partial charge on any atom is 0.550 e. The number of quaternary nitrogens is 1. The SMILES string of the molecule is CCCC[N+]1(C)CCCC1.FC(F)(F)OOS[N-]SOOC(F)(F)F. The Morgan fingerprint density at radius 1 is 0.920 bits per heavy atom. The smallest absolute Gasteiger partial charge is 0.495 e. The number of unbranched alkanes of at least 4 members (excludes halogenated alkanes) is 1. The zero-order valence-electron chi connectivity index (χ0n) is 13.6. The fourth-order valence-electron chi connectivity index (χ4n) is 2.01. The van der Waals surface area contributed by atoms with Gasteiger partial charge in [0.2, 0.25) is 0 Å². The lowest BCUT2D eigenvalue weighted by Gasteiger charge is -2.28. The molecule has 6 nitrogen and oxygen atoms in total. The molecule has 0 unspecified atom stereocenters. The van der Waals surface area contributed by atoms with Gasteiger partial charge in [0.25, 0.3) is 0 Å². The van der Waals surface area contributed by atoms with E-state index in [2.05, 4.69) is 36.5 Å². The summed E-state index contributed by atoms with van der Waals surface area (Å²) in [5.74, 6) is 0. The molecule has 0 amide bonds. The summed E-state index contributed by atoms with van der Waals surface area (Å²) < 4.78 is 77.7. The Labute approximate surface area is 150 Å². The second-order valence-corrected chi connectivity index (χ2v) is 6.44. The molecule has 0 aliphatic carbocycles. The van der Waals surface area contributed by atoms with Gasteiger partial charge in [0.05, 0.1) is 26.7 Å². The molecule has 0 N–H and O–H groups in total. The lowest BCUT2D eigenvalue weighted by Crippen LogP contribution is -2.41. The van der Waals surface area contributed by atoms with Crippen LogP contribution >= 0.6 is 24.5 Å². The summed E-state index contributed by atoms with van der Waals surface area (Å²) in [5.41, 5.74) is 0. The molecule has 14 heteroatoms. The van der Waals surface area contributed by atoms with Crippen molar-refractivity contribution in [3.63, 3.8) is 0 Å². The van der Waals surface area contributed by atoms with Crippen molar-refractivity contribution in [2.75, 3.05) is 26.7 Å². The molecule has 1 heterocycles. The van der Waals surface area contributed by atoms with Crippen molar-refractivity contribution >= 4 is 24.5 Å². The summed E-state index contributed by atoms with van der Waals surface area (Å²) in [4.78, 5) is 5.43. The molecule has 1 aliphatic heterocycles. The third-order valence-corrected chi connectivity index (χ3v) is 3.82. The molecule has 25 heavy (non-hydrogen) atoms. The van der Waals surface area contributed by atoms with E-state index >= 15 is 0 Å². The first-order chi connectivity index (χ1) is 11.5. The Balaban J connectivity index is 0.000000496. The van der Waals surface area contributed by atoms with Gasteiger partial charge in [0.15, 0.2) is 0 Å². The van der Waals surface area contributed by atoms with E-state index in [9.17, 15) is 26.3 Å². The molecule has 152 valence electrons. The van der Waals surface area contributed by atoms with Crippen molar-refractivity contribution in [3.05, 3.63) is 4.13 Å². The van der Waals surface area contributed by atoms with Crippen LogP contribution in [0.5, 0.6) is 0 Å². The van der Waals surface area contributed by atoms with Crippen molar-refractivity contribution in [3.8, 4) is 0 Å². The van der Waals surface area contributed by atoms with Crippen LogP contribution in [0.1, 0.15) is 32.6 Å². The molecular formula is C11H20F6N2O4S2. The Kier molecular flexibility index (Phi) is 12.5. The number of alkyl halides is 6. The molecule has 0 spiro atoms. The van der Waals surface area contributed by atoms with Gasteiger partial charge < -0.3 is 8.61 Å². The van der Waals surface area contributed by atoms with Crippen molar-refractivity contribution in [2.45, 2.75) is 45.3 Å². The van der Waals surface area contributed by atoms with Crippen LogP contribution in [0.25, 0.3) is 4.13 Å². The van der Waals surface area contributed by atoms with Gasteiger partial charge in [-0.2, -0.15) is 8.67 Å². The predicted octanol–water partition coefficient (Wildman–Crippen LogP) is 5.45. The largest absolute Gasteiger partial charge is 0.550 e. The minimum Gasteiger partial charge on any atom is -0.495 e. The van der Waals surface area contributed by atoms with Crippen LogP contribution < -0.4 is 0 Å². The Morgan fingerprint density at radius 2 is 1.36 bits per heavy atom. The maximum atomic E-state index is 11.2. The highest BCUT2D eigenvalue weighted by Gasteiger charge is 2.31. The maximum absolute atomic E-state index is 11.2. The highest BCUT2D eigenvalue weighted by atomic mass is 32.2. The summed E-state index contributed by atoms with van der Waals surface area (Å²) in [6, 6.07) is 0. The fraction of sp³-hybridized carbons (Fsp3) is 1.00. The Bertz CT molecular complexity index is 326. The first kappa shape index (κ1) is 25.0. The van der Waals surface area contributed by atoms with E-state index in [0.717, 1.165) is 0 Å². The van der Waals surface area contributed by atoms with Gasteiger partial charge in [0.1, 0.15) is 0 Å². The minimum absolute atomic E-state index is 0.296. The second-order valence-electron chi connectivity index (χ2n) is 5.27. The molecule has 0 aromatic carbocycles. The molecule has 0 atom stereocenters. The number of hydrogen-bond donors (Lipinski definition) is 0. The average Bonchev–Trinajstić information content (AvgIpc) is 2.90. The van der Waals surface area contributed by atoms with E-state index in [1.54, 1.807) is 0 Å². The molecule has 1 rings (SSSR count). The molecule has 1 fully saturated rings. The quantitative estimate of drug-likeness (QED) is 0.0937. The lowest BCUT2D eigenvalue weighted by molar-refractivity contribution is -0.897. The normalized spacial score (nSPS) is 17.3. The zero-order valence-corrected chi connectivity index (χ0v) is 15.2. The van der Waals surface area contributed by atoms with Crippen LogP contribution in [0.3, 0.4) is 0 Å². The van der Waals surface area contributed by atoms with E-state index in [0.29, 0.717) is 0 Å². The van der Waals surface area contributed by atoms with Crippen molar-refractivity contribution in [1.29, 1.82) is 0 Å². The molecule has 1 saturated heterocycles. The van der Waals surface area contributed by atoms with Gasteiger partial charge in [-0.25, -0.2) is 0 Å². The number of nitrogens with zero attached hydrogens (tertiary/aromatic N) is 2. The number of likely N-dealkylation sites (tertiary alicyclic amines) is 1. The van der Waals surface area contributed by atoms with Crippen LogP contribution in [-0.2, 0) is 18.4 Å². The van der Waals surface area contributed by atoms with Gasteiger partial charge >= 0.3 is 12.7 Å². The lowest BCUT2D eigenvalue weighted by atomic mass is 10.3. The van der Waals surface area contributed by atoms with E-state index in [-0.39, 0.29) is 24.5 Å². The monoisotopic (exact) mass is 422 g/mol. The summed E-state index contributed by atoms with van der Waals surface area (Å²) in [5, 5.41) is 0. The third-order valence-electron chi connectivity index (χ3n) is 3.08. The minimum atomic E-state index is -5.03. The summed E-state index contributed by atoms with van der Waals surface area (Å²) in [6.07, 6.45) is -4.38. The Morgan fingerprint density at radius 3 is 1.72 bits per heavy atom. The van der Waals surface area contributed by atoms with Crippen molar-refractivity contribution in [1.82, 2.24) is 0 Å². The van der Waals surface area contributed by atoms with E-state index < -0.39 is 12.7 Å². The fourth-order valence-corrected chi connectivity index (χ4v) is 2.52. The number of halogens is 6. The third kappa shape index (κ3) is 17.2. The van der Waals surface area contributed by atoms with Gasteiger partial charge in [0, 0.05) is 12.8 Å². The number of rotatable bonds is 9. The molecular weight excluding hydrogens is 402 g/mol. The van der Waals surface area contributed by atoms with Gasteiger partial charge in [-0.15, -0.1) is 36.1 Å². The highest BCUT2D eigenvalue weighted by molar-refractivity contribution is 8.15. The predicted molar refractivity (Wildman–Crippen MR) is 79.9 cm³/mol. The highest BCUT2D eigenvalue weighted by Crippen LogP contribution is 2.30. The van der Waals surface area contributed by atoms with Crippen LogP contribution in [0, 0.1) is 0 Å². The van der Waals surface area contributed by atoms with Gasteiger partial charge in [-0.3, -0.25) is 0 Å². The van der Waals surface area contributed by atoms with Crippen molar-refractivity contribution < 1.29 is 49.3 Å². The van der Waals surface area contributed by atoms with Crippen LogP contribution in [-0.4, -0.2) is 43.9 Å². The Hall–Kier alpha value is 0.0400. The van der Waals surface area contributed by atoms with E-state index in [4.69, 9.17) is 0 Å². The standard InChI is InChI=1S/C9H20N.C2F6NO4S2/c1-3-4-7-10(2)8-5-6-9-10;3-1(4,5)10-12-14-9-15-13-11-2(6,7)8/h3-9H2,1-2H3;/q+1;-1. The van der Waals surface area contributed by atoms with E-state index in [1.165, 1.54) is 49.8 Å².